The van der Waals surface area contributed by atoms with Crippen molar-refractivity contribution in [2.45, 2.75) is 32.6 Å². The highest BCUT2D eigenvalue weighted by molar-refractivity contribution is 5.73. The molecule has 1 aromatic carbocycles. The number of nitrogens with one attached hydrogen (secondary N) is 1. The number of allylic oxidation sites excluding steroid dienone is 1. The molecule has 0 aliphatic carbocycles. The molecular weight excluding hydrogens is 376 g/mol. The Morgan fingerprint density at radius 1 is 1.34 bits per heavy atom. The SMILES string of the molecule is CCCc1[nH]nc2c1C(c1cc(OC)c(OC(C)=O)c(OC)c1)C(C#N)=C(N)O2. The molecule has 0 spiro atoms. The minimum Gasteiger partial charge on any atom is -0.493 e. The van der Waals surface area contributed by atoms with Gasteiger partial charge >= 0.3 is 5.97 Å². The molecule has 2 aromatic rings. The van der Waals surface area contributed by atoms with Crippen LogP contribution in [-0.4, -0.2) is 30.4 Å². The number of H-pyrrole nitrogens is 1. The van der Waals surface area contributed by atoms with E-state index in [1.807, 2.05) is 6.92 Å². The summed E-state index contributed by atoms with van der Waals surface area (Å²) in [7, 11) is 2.91. The predicted octanol–water partition coefficient (Wildman–Crippen LogP) is 2.52. The largest absolute Gasteiger partial charge is 0.493 e. The summed E-state index contributed by atoms with van der Waals surface area (Å²) in [5, 5.41) is 17.0. The highest BCUT2D eigenvalue weighted by atomic mass is 16.6. The molecule has 0 saturated heterocycles. The number of aryl methyl sites for hydroxylation is 1. The Kier molecular flexibility index (Phi) is 5.64. The number of fused-ring (bicyclic) bond motifs is 1. The topological polar surface area (TPSA) is 132 Å². The van der Waals surface area contributed by atoms with Crippen molar-refractivity contribution >= 4 is 5.97 Å². The Morgan fingerprint density at radius 2 is 2.00 bits per heavy atom. The number of nitrogens with two attached hydrogens (primary N) is 1. The van der Waals surface area contributed by atoms with Crippen LogP contribution in [0.5, 0.6) is 23.1 Å². The van der Waals surface area contributed by atoms with Gasteiger partial charge in [-0.1, -0.05) is 13.3 Å². The molecule has 1 atom stereocenters. The maximum atomic E-state index is 11.5. The first-order valence-electron chi connectivity index (χ1n) is 9.04. The van der Waals surface area contributed by atoms with E-state index in [1.165, 1.54) is 21.1 Å². The first-order valence-corrected chi connectivity index (χ1v) is 9.04. The Morgan fingerprint density at radius 3 is 2.52 bits per heavy atom. The summed E-state index contributed by atoms with van der Waals surface area (Å²) in [5.74, 6) is 0.00860. The summed E-state index contributed by atoms with van der Waals surface area (Å²) >= 11 is 0. The van der Waals surface area contributed by atoms with E-state index in [0.717, 1.165) is 24.1 Å². The lowest BCUT2D eigenvalue weighted by atomic mass is 9.83. The molecule has 2 heterocycles. The third-order valence-electron chi connectivity index (χ3n) is 4.58. The van der Waals surface area contributed by atoms with Gasteiger partial charge in [-0.05, 0) is 24.1 Å². The van der Waals surface area contributed by atoms with Crippen LogP contribution in [0.3, 0.4) is 0 Å². The second kappa shape index (κ2) is 8.14. The molecule has 0 saturated carbocycles. The van der Waals surface area contributed by atoms with Crippen molar-refractivity contribution in [1.29, 1.82) is 5.26 Å². The lowest BCUT2D eigenvalue weighted by Gasteiger charge is -2.25. The zero-order chi connectivity index (χ0) is 21.1. The second-order valence-electron chi connectivity index (χ2n) is 6.44. The second-order valence-corrected chi connectivity index (χ2v) is 6.44. The minimum absolute atomic E-state index is 0.0125. The Hall–Kier alpha value is -3.67. The van der Waals surface area contributed by atoms with E-state index >= 15 is 0 Å². The van der Waals surface area contributed by atoms with Crippen LogP contribution < -0.4 is 24.7 Å². The number of benzene rings is 1. The Bertz CT molecular complexity index is 993. The molecule has 9 heteroatoms. The van der Waals surface area contributed by atoms with Crippen LogP contribution in [0.2, 0.25) is 0 Å². The van der Waals surface area contributed by atoms with Gasteiger partial charge in [0.05, 0.1) is 20.1 Å². The van der Waals surface area contributed by atoms with E-state index in [2.05, 4.69) is 16.3 Å². The third kappa shape index (κ3) is 3.57. The van der Waals surface area contributed by atoms with Crippen molar-refractivity contribution in [3.05, 3.63) is 40.4 Å². The summed E-state index contributed by atoms with van der Waals surface area (Å²) in [6, 6.07) is 5.52. The number of carbonyl (C=O) groups excluding carboxylic acids is 1. The minimum atomic E-state index is -0.543. The zero-order valence-corrected chi connectivity index (χ0v) is 16.7. The number of rotatable bonds is 6. The number of hydrogen-bond donors (Lipinski definition) is 2. The highest BCUT2D eigenvalue weighted by Crippen LogP contribution is 2.47. The van der Waals surface area contributed by atoms with Crippen molar-refractivity contribution in [3.8, 4) is 29.2 Å². The van der Waals surface area contributed by atoms with Crippen LogP contribution >= 0.6 is 0 Å². The van der Waals surface area contributed by atoms with Gasteiger partial charge in [0, 0.05) is 18.2 Å². The summed E-state index contributed by atoms with van der Waals surface area (Å²) in [6.45, 7) is 3.33. The van der Waals surface area contributed by atoms with Gasteiger partial charge in [-0.15, -0.1) is 5.10 Å². The fourth-order valence-corrected chi connectivity index (χ4v) is 3.39. The smallest absolute Gasteiger partial charge is 0.308 e. The fourth-order valence-electron chi connectivity index (χ4n) is 3.39. The summed E-state index contributed by atoms with van der Waals surface area (Å²) in [6.07, 6.45) is 1.60. The number of carbonyl (C=O) groups is 1. The Labute approximate surface area is 168 Å². The van der Waals surface area contributed by atoms with Crippen molar-refractivity contribution in [1.82, 2.24) is 10.2 Å². The number of hydrogen-bond acceptors (Lipinski definition) is 8. The molecule has 1 aromatic heterocycles. The number of aromatic nitrogens is 2. The van der Waals surface area contributed by atoms with Crippen LogP contribution in [0, 0.1) is 11.3 Å². The monoisotopic (exact) mass is 398 g/mol. The van der Waals surface area contributed by atoms with Gasteiger partial charge in [0.15, 0.2) is 11.5 Å². The summed E-state index contributed by atoms with van der Waals surface area (Å²) < 4.78 is 21.7. The van der Waals surface area contributed by atoms with Gasteiger partial charge in [0.2, 0.25) is 17.5 Å². The van der Waals surface area contributed by atoms with Crippen LogP contribution in [0.15, 0.2) is 23.6 Å². The van der Waals surface area contributed by atoms with E-state index in [9.17, 15) is 10.1 Å². The number of nitrogens with zero attached hydrogens (tertiary/aromatic N) is 2. The van der Waals surface area contributed by atoms with Gasteiger partial charge in [-0.25, -0.2) is 0 Å². The standard InChI is InChI=1S/C20H22N4O5/c1-5-6-13-17-16(12(9-21)19(22)29-20(17)24-23-13)11-7-14(26-3)18(28-10(2)25)15(8-11)27-4/h7-8,16H,5-6,22H2,1-4H3,(H,23,24). The molecule has 0 bridgehead atoms. The van der Waals surface area contributed by atoms with Crippen molar-refractivity contribution in [2.24, 2.45) is 5.73 Å². The van der Waals surface area contributed by atoms with Crippen LogP contribution in [0.1, 0.15) is 43.0 Å². The van der Waals surface area contributed by atoms with Gasteiger partial charge in [0.25, 0.3) is 0 Å². The molecule has 1 aliphatic rings. The molecule has 1 unspecified atom stereocenters. The predicted molar refractivity (Wildman–Crippen MR) is 103 cm³/mol. The van der Waals surface area contributed by atoms with E-state index in [4.69, 9.17) is 24.7 Å². The van der Waals surface area contributed by atoms with Gasteiger partial charge < -0.3 is 24.7 Å². The Balaban J connectivity index is 2.25. The van der Waals surface area contributed by atoms with Gasteiger partial charge in [-0.3, -0.25) is 9.89 Å². The fraction of sp³-hybridized carbons (Fsp3) is 0.350. The quantitative estimate of drug-likeness (QED) is 0.560. The van der Waals surface area contributed by atoms with E-state index < -0.39 is 11.9 Å². The molecule has 9 nitrogen and oxygen atoms in total. The average Bonchev–Trinajstić information content (AvgIpc) is 3.09. The molecule has 3 N–H and O–H groups in total. The van der Waals surface area contributed by atoms with Crippen molar-refractivity contribution in [3.63, 3.8) is 0 Å². The molecule has 152 valence electrons. The van der Waals surface area contributed by atoms with Crippen LogP contribution in [0.4, 0.5) is 0 Å². The zero-order valence-electron chi connectivity index (χ0n) is 16.7. The molecule has 0 fully saturated rings. The lowest BCUT2D eigenvalue weighted by molar-refractivity contribution is -0.132. The highest BCUT2D eigenvalue weighted by Gasteiger charge is 2.36. The number of methoxy groups -OCH3 is 2. The molecule has 29 heavy (non-hydrogen) atoms. The molecular formula is C20H22N4O5. The summed E-state index contributed by atoms with van der Waals surface area (Å²) in [5.41, 5.74) is 8.51. The number of aromatic amines is 1. The lowest BCUT2D eigenvalue weighted by Crippen LogP contribution is -2.21. The van der Waals surface area contributed by atoms with Gasteiger partial charge in [0.1, 0.15) is 11.6 Å². The molecule has 1 aliphatic heterocycles. The normalized spacial score (nSPS) is 15.2. The number of nitriles is 1. The van der Waals surface area contributed by atoms with E-state index in [-0.39, 0.29) is 17.2 Å². The van der Waals surface area contributed by atoms with Crippen LogP contribution in [0.25, 0.3) is 0 Å². The maximum Gasteiger partial charge on any atom is 0.308 e. The van der Waals surface area contributed by atoms with E-state index in [0.29, 0.717) is 22.9 Å². The maximum absolute atomic E-state index is 11.5. The average molecular weight is 398 g/mol. The number of ether oxygens (including phenoxy) is 4. The first kappa shape index (κ1) is 20.1. The molecule has 3 rings (SSSR count). The van der Waals surface area contributed by atoms with Crippen molar-refractivity contribution < 1.29 is 23.7 Å². The first-order chi connectivity index (χ1) is 13.9. The molecule has 0 radical (unpaired) electrons. The summed E-state index contributed by atoms with van der Waals surface area (Å²) in [4.78, 5) is 11.5. The van der Waals surface area contributed by atoms with Crippen LogP contribution in [-0.2, 0) is 11.2 Å². The van der Waals surface area contributed by atoms with Crippen molar-refractivity contribution in [2.75, 3.05) is 14.2 Å². The van der Waals surface area contributed by atoms with E-state index in [1.54, 1.807) is 12.1 Å². The third-order valence-corrected chi connectivity index (χ3v) is 4.58. The molecule has 0 amide bonds. The van der Waals surface area contributed by atoms with Gasteiger partial charge in [-0.2, -0.15) is 5.26 Å². The number of esters is 1.